The van der Waals surface area contributed by atoms with Gasteiger partial charge in [0.2, 0.25) is 23.6 Å². The first kappa shape index (κ1) is 29.6. The van der Waals surface area contributed by atoms with Crippen molar-refractivity contribution in [2.24, 2.45) is 33.8 Å². The summed E-state index contributed by atoms with van der Waals surface area (Å²) in [5, 5.41) is 16.4. The Balaban J connectivity index is 5.52. The molecule has 0 rings (SSSR count). The number of carbonyl (C=O) groups is 5. The molecule has 0 bridgehead atoms. The van der Waals surface area contributed by atoms with Crippen molar-refractivity contribution in [3.05, 3.63) is 0 Å². The molecule has 0 saturated carbocycles. The van der Waals surface area contributed by atoms with Crippen LogP contribution in [-0.2, 0) is 24.0 Å². The first-order valence-electron chi connectivity index (χ1n) is 10.5. The lowest BCUT2D eigenvalue weighted by atomic mass is 9.97. The number of guanidine groups is 1. The molecule has 0 saturated heterocycles. The van der Waals surface area contributed by atoms with Crippen LogP contribution in [0.1, 0.15) is 46.5 Å². The quantitative estimate of drug-likeness (QED) is 0.0678. The highest BCUT2D eigenvalue weighted by Crippen LogP contribution is 2.10. The van der Waals surface area contributed by atoms with E-state index in [1.54, 1.807) is 13.8 Å². The Morgan fingerprint density at radius 2 is 1.55 bits per heavy atom. The Labute approximate surface area is 192 Å². The standard InChI is InChI=1S/C19H36N8O6/c1-4-9(2)14(17(31)25-10(3)18(32)33)27-16(30)12(6-5-7-24-19(22)23)26-15(29)11(20)8-13(21)28/h9-12,14H,4-8,20H2,1-3H3,(H2,21,28)(H,25,31)(H,26,29)(H,27,30)(H,32,33)(H4,22,23,24). The molecule has 0 spiro atoms. The second-order valence-corrected chi connectivity index (χ2v) is 7.73. The van der Waals surface area contributed by atoms with Crippen molar-refractivity contribution in [2.75, 3.05) is 6.54 Å². The first-order valence-corrected chi connectivity index (χ1v) is 10.5. The molecule has 4 amide bonds. The fraction of sp³-hybridized carbons (Fsp3) is 0.684. The van der Waals surface area contributed by atoms with Gasteiger partial charge in [0.1, 0.15) is 18.1 Å². The number of rotatable bonds is 15. The molecule has 0 radical (unpaired) electrons. The zero-order valence-electron chi connectivity index (χ0n) is 19.2. The lowest BCUT2D eigenvalue weighted by Crippen LogP contribution is -2.58. The number of nitrogens with zero attached hydrogens (tertiary/aromatic N) is 1. The van der Waals surface area contributed by atoms with Crippen LogP contribution >= 0.6 is 0 Å². The van der Waals surface area contributed by atoms with Crippen molar-refractivity contribution in [3.63, 3.8) is 0 Å². The minimum atomic E-state index is -1.26. The molecule has 0 aliphatic carbocycles. The highest BCUT2D eigenvalue weighted by molar-refractivity contribution is 5.95. The third-order valence-electron chi connectivity index (χ3n) is 4.86. The summed E-state index contributed by atoms with van der Waals surface area (Å²) < 4.78 is 0. The van der Waals surface area contributed by atoms with Gasteiger partial charge >= 0.3 is 5.97 Å². The Bertz CT molecular complexity index is 740. The monoisotopic (exact) mass is 472 g/mol. The molecule has 0 aromatic carbocycles. The molecule has 188 valence electrons. The Morgan fingerprint density at radius 3 is 2.03 bits per heavy atom. The van der Waals surface area contributed by atoms with E-state index < -0.39 is 60.2 Å². The molecule has 5 atom stereocenters. The molecule has 0 aromatic heterocycles. The van der Waals surface area contributed by atoms with E-state index in [0.717, 1.165) is 0 Å². The van der Waals surface area contributed by atoms with Gasteiger partial charge in [0, 0.05) is 6.54 Å². The van der Waals surface area contributed by atoms with E-state index in [2.05, 4.69) is 20.9 Å². The van der Waals surface area contributed by atoms with Crippen LogP contribution in [0.2, 0.25) is 0 Å². The van der Waals surface area contributed by atoms with Gasteiger partial charge in [-0.15, -0.1) is 0 Å². The molecule has 14 heteroatoms. The number of nitrogens with one attached hydrogen (secondary N) is 3. The van der Waals surface area contributed by atoms with Crippen LogP contribution in [0.4, 0.5) is 0 Å². The third kappa shape index (κ3) is 11.7. The Kier molecular flexibility index (Phi) is 13.1. The van der Waals surface area contributed by atoms with E-state index in [4.69, 9.17) is 28.0 Å². The largest absolute Gasteiger partial charge is 0.480 e. The topological polar surface area (TPSA) is 258 Å². The highest BCUT2D eigenvalue weighted by atomic mass is 16.4. The van der Waals surface area contributed by atoms with Crippen molar-refractivity contribution in [3.8, 4) is 0 Å². The molecule has 0 aliphatic heterocycles. The molecule has 33 heavy (non-hydrogen) atoms. The van der Waals surface area contributed by atoms with Crippen molar-refractivity contribution in [1.82, 2.24) is 16.0 Å². The van der Waals surface area contributed by atoms with Gasteiger partial charge in [0.25, 0.3) is 0 Å². The minimum absolute atomic E-state index is 0.0953. The molecule has 0 aromatic rings. The summed E-state index contributed by atoms with van der Waals surface area (Å²) in [7, 11) is 0. The number of carboxylic acids is 1. The zero-order valence-corrected chi connectivity index (χ0v) is 19.2. The second kappa shape index (κ2) is 14.6. The molecule has 0 heterocycles. The average molecular weight is 473 g/mol. The van der Waals surface area contributed by atoms with Gasteiger partial charge in [0.15, 0.2) is 5.96 Å². The molecule has 0 fully saturated rings. The van der Waals surface area contributed by atoms with Crippen LogP contribution in [0.3, 0.4) is 0 Å². The summed E-state index contributed by atoms with van der Waals surface area (Å²) in [5.41, 5.74) is 21.3. The van der Waals surface area contributed by atoms with Crippen LogP contribution in [0, 0.1) is 5.92 Å². The number of aliphatic carboxylic acids is 1. The predicted octanol–water partition coefficient (Wildman–Crippen LogP) is -3.15. The smallest absolute Gasteiger partial charge is 0.325 e. The second-order valence-electron chi connectivity index (χ2n) is 7.73. The fourth-order valence-corrected chi connectivity index (χ4v) is 2.68. The predicted molar refractivity (Wildman–Crippen MR) is 120 cm³/mol. The Morgan fingerprint density at radius 1 is 0.939 bits per heavy atom. The number of nitrogens with two attached hydrogens (primary N) is 4. The van der Waals surface area contributed by atoms with Gasteiger partial charge in [-0.05, 0) is 25.7 Å². The van der Waals surface area contributed by atoms with Gasteiger partial charge in [-0.3, -0.25) is 29.0 Å². The molecular weight excluding hydrogens is 436 g/mol. The number of hydrogen-bond donors (Lipinski definition) is 8. The maximum atomic E-state index is 13.0. The first-order chi connectivity index (χ1) is 15.3. The summed E-state index contributed by atoms with van der Waals surface area (Å²) in [6.07, 6.45) is 0.486. The normalized spacial score (nSPS) is 15.2. The van der Waals surface area contributed by atoms with Gasteiger partial charge < -0.3 is 44.0 Å². The summed E-state index contributed by atoms with van der Waals surface area (Å²) in [5.74, 6) is -4.64. The third-order valence-corrected chi connectivity index (χ3v) is 4.86. The number of aliphatic imine (C=N–C) groups is 1. The zero-order chi connectivity index (χ0) is 25.7. The fourth-order valence-electron chi connectivity index (χ4n) is 2.68. The van der Waals surface area contributed by atoms with E-state index in [-0.39, 0.29) is 24.8 Å². The van der Waals surface area contributed by atoms with Gasteiger partial charge in [0.05, 0.1) is 12.5 Å². The molecular formula is C19H36N8O6. The summed E-state index contributed by atoms with van der Waals surface area (Å²) in [6.45, 7) is 4.99. The maximum absolute atomic E-state index is 13.0. The van der Waals surface area contributed by atoms with E-state index in [1.165, 1.54) is 6.92 Å². The summed E-state index contributed by atoms with van der Waals surface area (Å²) in [6, 6.07) is -4.61. The number of primary amides is 1. The van der Waals surface area contributed by atoms with E-state index >= 15 is 0 Å². The lowest BCUT2D eigenvalue weighted by Gasteiger charge is -2.27. The number of carbonyl (C=O) groups excluding carboxylic acids is 4. The summed E-state index contributed by atoms with van der Waals surface area (Å²) in [4.78, 5) is 63.8. The van der Waals surface area contributed by atoms with E-state index in [1.807, 2.05) is 0 Å². The van der Waals surface area contributed by atoms with Gasteiger partial charge in [-0.1, -0.05) is 20.3 Å². The van der Waals surface area contributed by atoms with Crippen LogP contribution in [-0.4, -0.2) is 71.4 Å². The van der Waals surface area contributed by atoms with Crippen molar-refractivity contribution in [2.45, 2.75) is 70.6 Å². The average Bonchev–Trinajstić information content (AvgIpc) is 2.72. The van der Waals surface area contributed by atoms with Crippen LogP contribution in [0.25, 0.3) is 0 Å². The Hall–Kier alpha value is -3.42. The lowest BCUT2D eigenvalue weighted by molar-refractivity contribution is -0.142. The van der Waals surface area contributed by atoms with Gasteiger partial charge in [-0.2, -0.15) is 0 Å². The number of carboxylic acid groups (broad SMARTS) is 1. The molecule has 0 aliphatic rings. The maximum Gasteiger partial charge on any atom is 0.325 e. The number of amides is 4. The van der Waals surface area contributed by atoms with Crippen molar-refractivity contribution < 1.29 is 29.1 Å². The van der Waals surface area contributed by atoms with Crippen LogP contribution < -0.4 is 38.9 Å². The van der Waals surface area contributed by atoms with Crippen LogP contribution in [0.5, 0.6) is 0 Å². The SMILES string of the molecule is CCC(C)C(NC(=O)C(CCCN=C(N)N)NC(=O)C(N)CC(N)=O)C(=O)NC(C)C(=O)O. The molecule has 12 N–H and O–H groups in total. The summed E-state index contributed by atoms with van der Waals surface area (Å²) >= 11 is 0. The molecule has 5 unspecified atom stereocenters. The highest BCUT2D eigenvalue weighted by Gasteiger charge is 2.31. The van der Waals surface area contributed by atoms with E-state index in [9.17, 15) is 24.0 Å². The van der Waals surface area contributed by atoms with Crippen molar-refractivity contribution in [1.29, 1.82) is 0 Å². The van der Waals surface area contributed by atoms with Crippen molar-refractivity contribution >= 4 is 35.6 Å². The van der Waals surface area contributed by atoms with Crippen LogP contribution in [0.15, 0.2) is 4.99 Å². The minimum Gasteiger partial charge on any atom is -0.480 e. The van der Waals surface area contributed by atoms with E-state index in [0.29, 0.717) is 12.8 Å². The number of hydrogen-bond acceptors (Lipinski definition) is 7. The molecule has 14 nitrogen and oxygen atoms in total. The van der Waals surface area contributed by atoms with Gasteiger partial charge in [-0.25, -0.2) is 0 Å².